The molecule has 1 aromatic rings. The molecule has 0 radical (unpaired) electrons. The maximum absolute atomic E-state index is 12.2. The summed E-state index contributed by atoms with van der Waals surface area (Å²) < 4.78 is 0. The summed E-state index contributed by atoms with van der Waals surface area (Å²) in [5.74, 6) is 2.32. The van der Waals surface area contributed by atoms with E-state index in [0.717, 1.165) is 17.5 Å². The van der Waals surface area contributed by atoms with Crippen LogP contribution >= 0.6 is 0 Å². The summed E-state index contributed by atoms with van der Waals surface area (Å²) in [5.41, 5.74) is 1.48. The van der Waals surface area contributed by atoms with Gasteiger partial charge in [0.15, 0.2) is 0 Å². The molecule has 3 amide bonds. The van der Waals surface area contributed by atoms with Crippen LogP contribution in [0.2, 0.25) is 0 Å². The molecule has 0 saturated heterocycles. The summed E-state index contributed by atoms with van der Waals surface area (Å²) in [5, 5.41) is 8.51. The van der Waals surface area contributed by atoms with Crippen molar-refractivity contribution in [3.63, 3.8) is 0 Å². The van der Waals surface area contributed by atoms with Gasteiger partial charge in [0.05, 0.1) is 0 Å². The normalized spacial score (nSPS) is 24.9. The molecule has 2 bridgehead atoms. The summed E-state index contributed by atoms with van der Waals surface area (Å²) in [4.78, 5) is 23.9. The molecule has 1 aromatic carbocycles. The third kappa shape index (κ3) is 4.28. The molecular formula is C19H27N3O2. The van der Waals surface area contributed by atoms with Gasteiger partial charge in [-0.1, -0.05) is 6.42 Å². The van der Waals surface area contributed by atoms with E-state index in [-0.39, 0.29) is 18.0 Å². The number of anilines is 2. The van der Waals surface area contributed by atoms with Crippen LogP contribution in [0.25, 0.3) is 0 Å². The summed E-state index contributed by atoms with van der Waals surface area (Å²) in [6.07, 6.45) is 5.86. The SMILES string of the molecule is CC(C)NC(=O)Nc1ccc(NC(=O)CC2CC3CCC2C3)cc1. The van der Waals surface area contributed by atoms with E-state index in [2.05, 4.69) is 16.0 Å². The van der Waals surface area contributed by atoms with E-state index < -0.39 is 0 Å². The van der Waals surface area contributed by atoms with Crippen LogP contribution in [0, 0.1) is 17.8 Å². The number of hydrogen-bond donors (Lipinski definition) is 3. The molecule has 2 saturated carbocycles. The van der Waals surface area contributed by atoms with Gasteiger partial charge in [0.2, 0.25) is 5.91 Å². The highest BCUT2D eigenvalue weighted by Crippen LogP contribution is 2.49. The van der Waals surface area contributed by atoms with Crippen molar-refractivity contribution in [2.24, 2.45) is 17.8 Å². The second-order valence-corrected chi connectivity index (χ2v) is 7.52. The van der Waals surface area contributed by atoms with Crippen LogP contribution in [0.1, 0.15) is 46.0 Å². The van der Waals surface area contributed by atoms with E-state index in [9.17, 15) is 9.59 Å². The van der Waals surface area contributed by atoms with Crippen molar-refractivity contribution in [2.75, 3.05) is 10.6 Å². The maximum atomic E-state index is 12.2. The zero-order valence-electron chi connectivity index (χ0n) is 14.5. The smallest absolute Gasteiger partial charge is 0.319 e. The fourth-order valence-corrected chi connectivity index (χ4v) is 4.14. The van der Waals surface area contributed by atoms with Crippen molar-refractivity contribution in [3.8, 4) is 0 Å². The first-order valence-electron chi connectivity index (χ1n) is 8.97. The molecule has 2 aliphatic rings. The first kappa shape index (κ1) is 16.8. The zero-order valence-corrected chi connectivity index (χ0v) is 14.5. The van der Waals surface area contributed by atoms with Crippen LogP contribution in [-0.4, -0.2) is 18.0 Å². The third-order valence-electron chi connectivity index (χ3n) is 5.18. The highest BCUT2D eigenvalue weighted by molar-refractivity contribution is 5.92. The number of hydrogen-bond acceptors (Lipinski definition) is 2. The van der Waals surface area contributed by atoms with Gasteiger partial charge in [0.1, 0.15) is 0 Å². The Kier molecular flexibility index (Phi) is 5.07. The van der Waals surface area contributed by atoms with E-state index in [1.54, 1.807) is 12.1 Å². The Hall–Kier alpha value is -2.04. The second kappa shape index (κ2) is 7.24. The van der Waals surface area contributed by atoms with Gasteiger partial charge in [-0.2, -0.15) is 0 Å². The van der Waals surface area contributed by atoms with Crippen LogP contribution in [0.3, 0.4) is 0 Å². The molecule has 3 rings (SSSR count). The number of amides is 3. The number of fused-ring (bicyclic) bond motifs is 2. The van der Waals surface area contributed by atoms with Crippen LogP contribution in [-0.2, 0) is 4.79 Å². The van der Waals surface area contributed by atoms with Crippen LogP contribution in [0.5, 0.6) is 0 Å². The maximum Gasteiger partial charge on any atom is 0.319 e. The van der Waals surface area contributed by atoms with Crippen molar-refractivity contribution >= 4 is 23.3 Å². The molecule has 0 aliphatic heterocycles. The molecule has 0 spiro atoms. The fraction of sp³-hybridized carbons (Fsp3) is 0.579. The Morgan fingerprint density at radius 1 is 1.04 bits per heavy atom. The molecule has 2 aliphatic carbocycles. The monoisotopic (exact) mass is 329 g/mol. The lowest BCUT2D eigenvalue weighted by Gasteiger charge is -2.20. The standard InChI is InChI=1S/C19H27N3O2/c1-12(2)20-19(24)22-17-7-5-16(6-8-17)21-18(23)11-15-10-13-3-4-14(15)9-13/h5-8,12-15H,3-4,9-11H2,1-2H3,(H,21,23)(H2,20,22,24). The van der Waals surface area contributed by atoms with Crippen molar-refractivity contribution in [3.05, 3.63) is 24.3 Å². The van der Waals surface area contributed by atoms with Gasteiger partial charge in [-0.15, -0.1) is 0 Å². The summed E-state index contributed by atoms with van der Waals surface area (Å²) >= 11 is 0. The van der Waals surface area contributed by atoms with Gasteiger partial charge < -0.3 is 16.0 Å². The minimum absolute atomic E-state index is 0.0920. The lowest BCUT2D eigenvalue weighted by Crippen LogP contribution is -2.34. The van der Waals surface area contributed by atoms with Crippen molar-refractivity contribution in [2.45, 2.75) is 52.0 Å². The molecule has 3 atom stereocenters. The Balaban J connectivity index is 1.47. The molecule has 2 fully saturated rings. The average Bonchev–Trinajstić information content (AvgIpc) is 3.11. The first-order chi connectivity index (χ1) is 11.5. The van der Waals surface area contributed by atoms with Gasteiger partial charge >= 0.3 is 6.03 Å². The highest BCUT2D eigenvalue weighted by Gasteiger charge is 2.40. The molecule has 3 N–H and O–H groups in total. The van der Waals surface area contributed by atoms with E-state index in [0.29, 0.717) is 18.0 Å². The summed E-state index contributed by atoms with van der Waals surface area (Å²) in [7, 11) is 0. The number of rotatable bonds is 5. The van der Waals surface area contributed by atoms with Gasteiger partial charge in [-0.05, 0) is 75.1 Å². The van der Waals surface area contributed by atoms with E-state index in [4.69, 9.17) is 0 Å². The number of urea groups is 1. The number of carbonyl (C=O) groups is 2. The minimum atomic E-state index is -0.224. The number of carbonyl (C=O) groups excluding carboxylic acids is 2. The Bertz CT molecular complexity index is 597. The van der Waals surface area contributed by atoms with Crippen LogP contribution < -0.4 is 16.0 Å². The molecule has 0 aromatic heterocycles. The number of nitrogens with one attached hydrogen (secondary N) is 3. The largest absolute Gasteiger partial charge is 0.336 e. The molecule has 3 unspecified atom stereocenters. The van der Waals surface area contributed by atoms with Crippen LogP contribution in [0.15, 0.2) is 24.3 Å². The average molecular weight is 329 g/mol. The fourth-order valence-electron chi connectivity index (χ4n) is 4.14. The molecule has 24 heavy (non-hydrogen) atoms. The second-order valence-electron chi connectivity index (χ2n) is 7.52. The Labute approximate surface area is 143 Å². The molecule has 130 valence electrons. The topological polar surface area (TPSA) is 70.2 Å². The quantitative estimate of drug-likeness (QED) is 0.764. The molecule has 0 heterocycles. The Morgan fingerprint density at radius 3 is 2.25 bits per heavy atom. The lowest BCUT2D eigenvalue weighted by atomic mass is 9.86. The predicted octanol–water partition coefficient (Wildman–Crippen LogP) is 3.98. The molecule has 5 nitrogen and oxygen atoms in total. The van der Waals surface area contributed by atoms with Crippen molar-refractivity contribution < 1.29 is 9.59 Å². The first-order valence-corrected chi connectivity index (χ1v) is 8.97. The van der Waals surface area contributed by atoms with Gasteiger partial charge in [-0.3, -0.25) is 4.79 Å². The van der Waals surface area contributed by atoms with Crippen LogP contribution in [0.4, 0.5) is 16.2 Å². The minimum Gasteiger partial charge on any atom is -0.336 e. The molecular weight excluding hydrogens is 302 g/mol. The van der Waals surface area contributed by atoms with E-state index in [1.807, 2.05) is 26.0 Å². The Morgan fingerprint density at radius 2 is 1.71 bits per heavy atom. The van der Waals surface area contributed by atoms with Gasteiger partial charge in [-0.25, -0.2) is 4.79 Å². The van der Waals surface area contributed by atoms with Gasteiger partial charge in [0.25, 0.3) is 0 Å². The zero-order chi connectivity index (χ0) is 17.1. The van der Waals surface area contributed by atoms with Gasteiger partial charge in [0, 0.05) is 23.8 Å². The van der Waals surface area contributed by atoms with E-state index in [1.165, 1.54) is 25.7 Å². The predicted molar refractivity (Wildman–Crippen MR) is 95.9 cm³/mol. The highest BCUT2D eigenvalue weighted by atomic mass is 16.2. The van der Waals surface area contributed by atoms with Crippen molar-refractivity contribution in [1.29, 1.82) is 0 Å². The number of benzene rings is 1. The third-order valence-corrected chi connectivity index (χ3v) is 5.18. The molecule has 5 heteroatoms. The van der Waals surface area contributed by atoms with Crippen molar-refractivity contribution in [1.82, 2.24) is 5.32 Å². The summed E-state index contributed by atoms with van der Waals surface area (Å²) in [6.45, 7) is 3.82. The summed E-state index contributed by atoms with van der Waals surface area (Å²) in [6, 6.07) is 7.11. The lowest BCUT2D eigenvalue weighted by molar-refractivity contribution is -0.117. The van der Waals surface area contributed by atoms with E-state index >= 15 is 0 Å².